The van der Waals surface area contributed by atoms with Gasteiger partial charge in [0.25, 0.3) is 0 Å². The van der Waals surface area contributed by atoms with Crippen LogP contribution in [0.2, 0.25) is 0 Å². The summed E-state index contributed by atoms with van der Waals surface area (Å²) in [7, 11) is 0. The van der Waals surface area contributed by atoms with Crippen LogP contribution in [0, 0.1) is 0 Å². The van der Waals surface area contributed by atoms with Gasteiger partial charge in [-0.25, -0.2) is 0 Å². The fourth-order valence-electron chi connectivity index (χ4n) is 2.92. The van der Waals surface area contributed by atoms with Crippen molar-refractivity contribution in [3.05, 3.63) is 45.1 Å². The number of hydrogen-bond donors (Lipinski definition) is 1. The van der Waals surface area contributed by atoms with Crippen LogP contribution in [0.25, 0.3) is 0 Å². The van der Waals surface area contributed by atoms with Crippen molar-refractivity contribution < 1.29 is 0 Å². The lowest BCUT2D eigenvalue weighted by molar-refractivity contribution is 0.578. The van der Waals surface area contributed by atoms with Crippen LogP contribution in [-0.4, -0.2) is 13.1 Å². The third-order valence-electron chi connectivity index (χ3n) is 4.01. The molecule has 1 aromatic carbocycles. The number of nitrogens with one attached hydrogen (secondary N) is 1. The van der Waals surface area contributed by atoms with Crippen molar-refractivity contribution in [2.24, 2.45) is 0 Å². The standard InChI is InChI=1S/C17H21BrN2S/c1-13(17-14(18)9-12-21-17)19-15-7-3-4-8-16(15)20-10-5-2-6-11-20/h3-4,7-9,12-13,19H,2,5-6,10-11H2,1H3. The molecule has 2 nitrogen and oxygen atoms in total. The lowest BCUT2D eigenvalue weighted by Crippen LogP contribution is -2.30. The zero-order chi connectivity index (χ0) is 14.7. The van der Waals surface area contributed by atoms with Gasteiger partial charge in [0.15, 0.2) is 0 Å². The molecule has 1 saturated heterocycles. The summed E-state index contributed by atoms with van der Waals surface area (Å²) >= 11 is 5.43. The maximum absolute atomic E-state index is 3.69. The first-order valence-corrected chi connectivity index (χ1v) is 9.26. The van der Waals surface area contributed by atoms with Gasteiger partial charge >= 0.3 is 0 Å². The molecule has 1 N–H and O–H groups in total. The lowest BCUT2D eigenvalue weighted by Gasteiger charge is -2.31. The molecule has 0 bridgehead atoms. The highest BCUT2D eigenvalue weighted by atomic mass is 79.9. The van der Waals surface area contributed by atoms with E-state index in [9.17, 15) is 0 Å². The van der Waals surface area contributed by atoms with E-state index in [2.05, 4.69) is 68.8 Å². The number of halogens is 1. The average molecular weight is 365 g/mol. The van der Waals surface area contributed by atoms with Gasteiger partial charge < -0.3 is 10.2 Å². The summed E-state index contributed by atoms with van der Waals surface area (Å²) < 4.78 is 1.20. The maximum Gasteiger partial charge on any atom is 0.0602 e. The van der Waals surface area contributed by atoms with Crippen molar-refractivity contribution in [2.45, 2.75) is 32.2 Å². The molecule has 1 aromatic heterocycles. The Morgan fingerprint density at radius 1 is 1.14 bits per heavy atom. The molecule has 21 heavy (non-hydrogen) atoms. The molecule has 0 saturated carbocycles. The lowest BCUT2D eigenvalue weighted by atomic mass is 10.1. The fraction of sp³-hybridized carbons (Fsp3) is 0.412. The molecule has 3 rings (SSSR count). The van der Waals surface area contributed by atoms with Crippen molar-refractivity contribution >= 4 is 38.6 Å². The minimum atomic E-state index is 0.310. The van der Waals surface area contributed by atoms with Gasteiger partial charge in [-0.2, -0.15) is 0 Å². The number of nitrogens with zero attached hydrogens (tertiary/aromatic N) is 1. The Morgan fingerprint density at radius 3 is 2.62 bits per heavy atom. The number of rotatable bonds is 4. The zero-order valence-electron chi connectivity index (χ0n) is 12.3. The highest BCUT2D eigenvalue weighted by molar-refractivity contribution is 9.10. The van der Waals surface area contributed by atoms with E-state index in [0.717, 1.165) is 0 Å². The molecule has 2 aromatic rings. The van der Waals surface area contributed by atoms with Gasteiger partial charge in [0.05, 0.1) is 17.4 Å². The van der Waals surface area contributed by atoms with Crippen LogP contribution in [0.4, 0.5) is 11.4 Å². The van der Waals surface area contributed by atoms with E-state index >= 15 is 0 Å². The Labute approximate surface area is 139 Å². The Morgan fingerprint density at radius 2 is 1.90 bits per heavy atom. The van der Waals surface area contributed by atoms with E-state index in [1.807, 2.05) is 0 Å². The number of benzene rings is 1. The van der Waals surface area contributed by atoms with Gasteiger partial charge in [0, 0.05) is 22.4 Å². The first-order valence-electron chi connectivity index (χ1n) is 7.59. The van der Waals surface area contributed by atoms with E-state index in [-0.39, 0.29) is 0 Å². The average Bonchev–Trinajstić information content (AvgIpc) is 2.95. The van der Waals surface area contributed by atoms with Crippen LogP contribution in [-0.2, 0) is 0 Å². The summed E-state index contributed by atoms with van der Waals surface area (Å²) in [5, 5.41) is 5.82. The molecular weight excluding hydrogens is 344 g/mol. The summed E-state index contributed by atoms with van der Waals surface area (Å²) in [5.41, 5.74) is 2.59. The summed E-state index contributed by atoms with van der Waals surface area (Å²) in [6.45, 7) is 4.58. The molecule has 0 amide bonds. The largest absolute Gasteiger partial charge is 0.376 e. The number of hydrogen-bond acceptors (Lipinski definition) is 3. The van der Waals surface area contributed by atoms with E-state index < -0.39 is 0 Å². The summed E-state index contributed by atoms with van der Waals surface area (Å²) in [6, 6.07) is 11.1. The van der Waals surface area contributed by atoms with Crippen molar-refractivity contribution in [2.75, 3.05) is 23.3 Å². The third-order valence-corrected chi connectivity index (χ3v) is 6.06. The molecular formula is C17H21BrN2S. The van der Waals surface area contributed by atoms with Crippen LogP contribution in [0.3, 0.4) is 0 Å². The summed E-state index contributed by atoms with van der Waals surface area (Å²) in [4.78, 5) is 3.87. The van der Waals surface area contributed by atoms with Crippen molar-refractivity contribution in [1.82, 2.24) is 0 Å². The fourth-order valence-corrected chi connectivity index (χ4v) is 4.64. The normalized spacial score (nSPS) is 16.8. The Balaban J connectivity index is 1.80. The van der Waals surface area contributed by atoms with Gasteiger partial charge in [0.2, 0.25) is 0 Å². The maximum atomic E-state index is 3.69. The Hall–Kier alpha value is -1.00. The van der Waals surface area contributed by atoms with E-state index in [0.29, 0.717) is 6.04 Å². The molecule has 2 heterocycles. The number of anilines is 2. The zero-order valence-corrected chi connectivity index (χ0v) is 14.7. The quantitative estimate of drug-likeness (QED) is 0.751. The molecule has 112 valence electrons. The first-order chi connectivity index (χ1) is 10.3. The van der Waals surface area contributed by atoms with E-state index in [1.165, 1.54) is 53.1 Å². The monoisotopic (exact) mass is 364 g/mol. The predicted molar refractivity (Wildman–Crippen MR) is 96.6 cm³/mol. The van der Waals surface area contributed by atoms with Gasteiger partial charge in [-0.15, -0.1) is 11.3 Å². The highest BCUT2D eigenvalue weighted by Gasteiger charge is 2.16. The van der Waals surface area contributed by atoms with Gasteiger partial charge in [-0.1, -0.05) is 12.1 Å². The second kappa shape index (κ2) is 6.84. The SMILES string of the molecule is CC(Nc1ccccc1N1CCCCC1)c1sccc1Br. The molecule has 0 spiro atoms. The van der Waals surface area contributed by atoms with Crippen LogP contribution < -0.4 is 10.2 Å². The smallest absolute Gasteiger partial charge is 0.0602 e. The highest BCUT2D eigenvalue weighted by Crippen LogP contribution is 2.34. The molecule has 1 fully saturated rings. The first kappa shape index (κ1) is 14.9. The molecule has 4 heteroatoms. The molecule has 1 aliphatic heterocycles. The van der Waals surface area contributed by atoms with Gasteiger partial charge in [-0.3, -0.25) is 0 Å². The number of para-hydroxylation sites is 2. The molecule has 1 atom stereocenters. The summed E-state index contributed by atoms with van der Waals surface area (Å²) in [5.74, 6) is 0. The second-order valence-corrected chi connectivity index (χ2v) is 7.37. The third kappa shape index (κ3) is 3.43. The topological polar surface area (TPSA) is 15.3 Å². The number of piperidine rings is 1. The summed E-state index contributed by atoms with van der Waals surface area (Å²) in [6.07, 6.45) is 3.98. The second-order valence-electron chi connectivity index (χ2n) is 5.56. The van der Waals surface area contributed by atoms with Crippen LogP contribution in [0.5, 0.6) is 0 Å². The molecule has 1 aliphatic rings. The number of thiophene rings is 1. The van der Waals surface area contributed by atoms with Crippen molar-refractivity contribution in [3.8, 4) is 0 Å². The molecule has 1 unspecified atom stereocenters. The minimum Gasteiger partial charge on any atom is -0.376 e. The minimum absolute atomic E-state index is 0.310. The Kier molecular flexibility index (Phi) is 4.86. The van der Waals surface area contributed by atoms with E-state index in [1.54, 1.807) is 11.3 Å². The van der Waals surface area contributed by atoms with Gasteiger partial charge in [0.1, 0.15) is 0 Å². The van der Waals surface area contributed by atoms with E-state index in [4.69, 9.17) is 0 Å². The Bertz CT molecular complexity index is 590. The van der Waals surface area contributed by atoms with Crippen LogP contribution in [0.15, 0.2) is 40.2 Å². The van der Waals surface area contributed by atoms with Gasteiger partial charge in [-0.05, 0) is 65.7 Å². The molecule has 0 aliphatic carbocycles. The molecule has 0 radical (unpaired) electrons. The van der Waals surface area contributed by atoms with Crippen LogP contribution in [0.1, 0.15) is 37.1 Å². The van der Waals surface area contributed by atoms with Crippen LogP contribution >= 0.6 is 27.3 Å². The van der Waals surface area contributed by atoms with Crippen molar-refractivity contribution in [1.29, 1.82) is 0 Å². The predicted octanol–water partition coefficient (Wildman–Crippen LogP) is 5.67. The van der Waals surface area contributed by atoms with Crippen molar-refractivity contribution in [3.63, 3.8) is 0 Å².